The molecule has 0 atom stereocenters. The average Bonchev–Trinajstić information content (AvgIpc) is 3.74. The summed E-state index contributed by atoms with van der Waals surface area (Å²) in [6.45, 7) is 0.711. The molecule has 0 unspecified atom stereocenters. The minimum absolute atomic E-state index is 0.0352. The Balaban J connectivity index is 1.23. The Morgan fingerprint density at radius 1 is 1.11 bits per heavy atom. The van der Waals surface area contributed by atoms with Crippen LogP contribution < -0.4 is 10.3 Å². The summed E-state index contributed by atoms with van der Waals surface area (Å²) in [5.74, 6) is 0.405. The summed E-state index contributed by atoms with van der Waals surface area (Å²) < 4.78 is 20.8. The zero-order valence-corrected chi connectivity index (χ0v) is 20.9. The number of carbonyl (C=O) groups is 1. The molecule has 3 aromatic rings. The van der Waals surface area contributed by atoms with E-state index in [1.807, 2.05) is 6.07 Å². The highest BCUT2D eigenvalue weighted by Crippen LogP contribution is 2.32. The molecule has 0 bridgehead atoms. The van der Waals surface area contributed by atoms with Gasteiger partial charge in [-0.15, -0.1) is 0 Å². The third-order valence-corrected chi connectivity index (χ3v) is 7.63. The summed E-state index contributed by atoms with van der Waals surface area (Å²) in [4.78, 5) is 28.8. The van der Waals surface area contributed by atoms with Gasteiger partial charge in [0.15, 0.2) is 0 Å². The summed E-state index contributed by atoms with van der Waals surface area (Å²) in [5.41, 5.74) is 0.900. The van der Waals surface area contributed by atoms with E-state index < -0.39 is 11.7 Å². The number of ether oxygens (including phenoxy) is 1. The molecule has 2 saturated carbocycles. The minimum Gasteiger partial charge on any atom is -0.490 e. The van der Waals surface area contributed by atoms with E-state index in [4.69, 9.17) is 15.6 Å². The van der Waals surface area contributed by atoms with Crippen LogP contribution in [0, 0.1) is 22.6 Å². The molecule has 1 amide bonds. The van der Waals surface area contributed by atoms with Gasteiger partial charge in [-0.3, -0.25) is 20.4 Å². The van der Waals surface area contributed by atoms with Crippen molar-refractivity contribution in [2.45, 2.75) is 44.6 Å². The number of aromatic amines is 1. The molecule has 0 spiro atoms. The SMILES string of the molecule is N=C1CN(C(=O)c2cc(Cc3n[nH]c(=O)c4ccc(OC5CCC5)cc34)ccc2F)CCN1C(=N)C1CC1. The number of fused-ring (bicyclic) bond motifs is 1. The topological polar surface area (TPSA) is 126 Å². The number of piperazine rings is 1. The number of carbonyl (C=O) groups excluding carboxylic acids is 1. The van der Waals surface area contributed by atoms with E-state index in [2.05, 4.69) is 10.2 Å². The normalized spacial score (nSPS) is 18.0. The first-order valence-corrected chi connectivity index (χ1v) is 13.1. The number of hydrogen-bond acceptors (Lipinski definition) is 6. The molecule has 10 heteroatoms. The monoisotopic (exact) mass is 516 g/mol. The summed E-state index contributed by atoms with van der Waals surface area (Å²) in [6.07, 6.45) is 5.60. The maximum Gasteiger partial charge on any atom is 0.272 e. The smallest absolute Gasteiger partial charge is 0.272 e. The predicted octanol–water partition coefficient (Wildman–Crippen LogP) is 3.71. The minimum atomic E-state index is -0.631. The lowest BCUT2D eigenvalue weighted by Crippen LogP contribution is -2.54. The number of H-pyrrole nitrogens is 1. The van der Waals surface area contributed by atoms with E-state index in [1.165, 1.54) is 17.0 Å². The van der Waals surface area contributed by atoms with E-state index in [0.29, 0.717) is 46.7 Å². The van der Waals surface area contributed by atoms with Gasteiger partial charge in [0, 0.05) is 30.8 Å². The molecule has 1 saturated heterocycles. The maximum absolute atomic E-state index is 14.8. The van der Waals surface area contributed by atoms with Crippen molar-refractivity contribution in [1.29, 1.82) is 10.8 Å². The van der Waals surface area contributed by atoms with E-state index in [0.717, 1.165) is 32.1 Å². The third-order valence-electron chi connectivity index (χ3n) is 7.63. The van der Waals surface area contributed by atoms with Crippen molar-refractivity contribution in [3.8, 4) is 5.75 Å². The van der Waals surface area contributed by atoms with Gasteiger partial charge in [-0.2, -0.15) is 5.10 Å². The lowest BCUT2D eigenvalue weighted by atomic mass is 9.96. The Labute approximate surface area is 218 Å². The molecule has 0 radical (unpaired) electrons. The van der Waals surface area contributed by atoms with Crippen LogP contribution in [0.1, 0.15) is 53.7 Å². The molecular formula is C28H29FN6O3. The molecule has 38 heavy (non-hydrogen) atoms. The first kappa shape index (κ1) is 24.3. The Morgan fingerprint density at radius 3 is 2.63 bits per heavy atom. The number of rotatable bonds is 6. The summed E-state index contributed by atoms with van der Waals surface area (Å²) in [5, 5.41) is 24.5. The second kappa shape index (κ2) is 9.66. The van der Waals surface area contributed by atoms with Crippen LogP contribution >= 0.6 is 0 Å². The number of benzene rings is 2. The first-order valence-electron chi connectivity index (χ1n) is 13.1. The lowest BCUT2D eigenvalue weighted by molar-refractivity contribution is 0.0752. The van der Waals surface area contributed by atoms with Gasteiger partial charge in [0.1, 0.15) is 23.2 Å². The van der Waals surface area contributed by atoms with Crippen molar-refractivity contribution >= 4 is 28.4 Å². The van der Waals surface area contributed by atoms with E-state index in [9.17, 15) is 14.0 Å². The fourth-order valence-electron chi connectivity index (χ4n) is 5.02. The van der Waals surface area contributed by atoms with Crippen LogP contribution in [0.4, 0.5) is 4.39 Å². The first-order chi connectivity index (χ1) is 18.4. The van der Waals surface area contributed by atoms with Crippen LogP contribution in [0.15, 0.2) is 41.2 Å². The Hall–Kier alpha value is -4.08. The van der Waals surface area contributed by atoms with Gasteiger partial charge in [0.25, 0.3) is 11.5 Å². The third kappa shape index (κ3) is 4.66. The molecule has 3 aliphatic rings. The van der Waals surface area contributed by atoms with Gasteiger partial charge in [0.05, 0.1) is 29.3 Å². The fraction of sp³-hybridized carbons (Fsp3) is 0.393. The van der Waals surface area contributed by atoms with Gasteiger partial charge in [-0.25, -0.2) is 9.49 Å². The van der Waals surface area contributed by atoms with E-state index >= 15 is 0 Å². The molecule has 2 aliphatic carbocycles. The van der Waals surface area contributed by atoms with Crippen LogP contribution in [-0.2, 0) is 6.42 Å². The van der Waals surface area contributed by atoms with Gasteiger partial charge in [-0.05, 0) is 68.0 Å². The Morgan fingerprint density at radius 2 is 1.92 bits per heavy atom. The van der Waals surface area contributed by atoms with Crippen LogP contribution in [-0.4, -0.2) is 63.3 Å². The highest BCUT2D eigenvalue weighted by molar-refractivity contribution is 6.04. The molecule has 2 aromatic carbocycles. The zero-order chi connectivity index (χ0) is 26.4. The van der Waals surface area contributed by atoms with E-state index in [1.54, 1.807) is 23.1 Å². The maximum atomic E-state index is 14.8. The standard InChI is InChI=1S/C28H29FN6O3/c29-23-9-4-16(12-22(23)28(37)34-10-11-35(25(30)15-34)26(31)17-5-6-17)13-24-21-14-19(38-18-2-1-3-18)7-8-20(21)27(36)33-32-24/h4,7-9,12,14,17-18,30-31H,1-3,5-6,10-11,13,15H2,(H,33,36). The number of nitrogens with one attached hydrogen (secondary N) is 3. The quantitative estimate of drug-likeness (QED) is 0.340. The number of halogens is 1. The van der Waals surface area contributed by atoms with Crippen molar-refractivity contribution in [2.24, 2.45) is 5.92 Å². The Kier molecular flexibility index (Phi) is 6.17. The predicted molar refractivity (Wildman–Crippen MR) is 141 cm³/mol. The summed E-state index contributed by atoms with van der Waals surface area (Å²) in [7, 11) is 0. The van der Waals surface area contributed by atoms with Crippen molar-refractivity contribution in [1.82, 2.24) is 20.0 Å². The molecule has 196 valence electrons. The number of hydrogen-bond donors (Lipinski definition) is 3. The van der Waals surface area contributed by atoms with Gasteiger partial charge < -0.3 is 14.5 Å². The second-order valence-electron chi connectivity index (χ2n) is 10.4. The summed E-state index contributed by atoms with van der Waals surface area (Å²) >= 11 is 0. The number of amides is 1. The van der Waals surface area contributed by atoms with Crippen LogP contribution in [0.3, 0.4) is 0 Å². The molecule has 3 fully saturated rings. The number of aromatic nitrogens is 2. The van der Waals surface area contributed by atoms with Crippen molar-refractivity contribution < 1.29 is 13.9 Å². The molecular weight excluding hydrogens is 487 g/mol. The van der Waals surface area contributed by atoms with Crippen LogP contribution in [0.2, 0.25) is 0 Å². The highest BCUT2D eigenvalue weighted by atomic mass is 19.1. The molecule has 9 nitrogen and oxygen atoms in total. The van der Waals surface area contributed by atoms with Crippen LogP contribution in [0.5, 0.6) is 5.75 Å². The van der Waals surface area contributed by atoms with Crippen molar-refractivity contribution in [3.05, 3.63) is 69.4 Å². The van der Waals surface area contributed by atoms with E-state index in [-0.39, 0.29) is 41.9 Å². The molecule has 1 aliphatic heterocycles. The van der Waals surface area contributed by atoms with Crippen LogP contribution in [0.25, 0.3) is 10.8 Å². The molecule has 1 aromatic heterocycles. The molecule has 2 heterocycles. The van der Waals surface area contributed by atoms with Gasteiger partial charge >= 0.3 is 0 Å². The number of nitrogens with zero attached hydrogens (tertiary/aromatic N) is 3. The summed E-state index contributed by atoms with van der Waals surface area (Å²) in [6, 6.07) is 9.74. The van der Waals surface area contributed by atoms with Gasteiger partial charge in [-0.1, -0.05) is 6.07 Å². The van der Waals surface area contributed by atoms with Crippen molar-refractivity contribution in [2.75, 3.05) is 19.6 Å². The van der Waals surface area contributed by atoms with Gasteiger partial charge in [0.2, 0.25) is 0 Å². The fourth-order valence-corrected chi connectivity index (χ4v) is 5.02. The molecule has 3 N–H and O–H groups in total. The zero-order valence-electron chi connectivity index (χ0n) is 20.9. The Bertz CT molecular complexity index is 1510. The molecule has 6 rings (SSSR count). The highest BCUT2D eigenvalue weighted by Gasteiger charge is 2.35. The number of amidine groups is 2. The average molecular weight is 517 g/mol. The lowest BCUT2D eigenvalue weighted by Gasteiger charge is -2.36. The second-order valence-corrected chi connectivity index (χ2v) is 10.4. The largest absolute Gasteiger partial charge is 0.490 e. The van der Waals surface area contributed by atoms with Crippen molar-refractivity contribution in [3.63, 3.8) is 0 Å².